The quantitative estimate of drug-likeness (QED) is 0.340. The third kappa shape index (κ3) is 4.75. The highest BCUT2D eigenvalue weighted by atomic mass is 79.9. The Morgan fingerprint density at radius 3 is 2.59 bits per heavy atom. The van der Waals surface area contributed by atoms with E-state index in [1.54, 1.807) is 33.1 Å². The molecular weight excluding hydrogens is 479 g/mol. The summed E-state index contributed by atoms with van der Waals surface area (Å²) >= 11 is 4.83. The van der Waals surface area contributed by atoms with Gasteiger partial charge in [-0.25, -0.2) is 4.98 Å². The Kier molecular flexibility index (Phi) is 7.19. The van der Waals surface area contributed by atoms with E-state index in [4.69, 9.17) is 13.8 Å². The van der Waals surface area contributed by atoms with Gasteiger partial charge in [-0.1, -0.05) is 33.3 Å². The number of rotatable bonds is 9. The van der Waals surface area contributed by atoms with Crippen LogP contribution in [0.4, 0.5) is 5.13 Å². The van der Waals surface area contributed by atoms with Crippen LogP contribution in [0.3, 0.4) is 0 Å². The fourth-order valence-corrected chi connectivity index (χ4v) is 6.59. The van der Waals surface area contributed by atoms with E-state index in [1.807, 2.05) is 18.2 Å². The van der Waals surface area contributed by atoms with E-state index in [0.717, 1.165) is 16.0 Å². The number of aromatic nitrogens is 1. The number of phenolic OH excluding ortho intramolecular Hbond substituents is 1. The summed E-state index contributed by atoms with van der Waals surface area (Å²) in [6, 6.07) is 10.5. The van der Waals surface area contributed by atoms with Gasteiger partial charge in [-0.2, -0.15) is 0 Å². The van der Waals surface area contributed by atoms with E-state index in [9.17, 15) is 9.67 Å². The molecule has 2 aromatic carbocycles. The van der Waals surface area contributed by atoms with Crippen LogP contribution < -0.4 is 10.1 Å². The monoisotopic (exact) mass is 500 g/mol. The lowest BCUT2D eigenvalue weighted by Crippen LogP contribution is -2.16. The zero-order valence-corrected chi connectivity index (χ0v) is 19.5. The molecule has 7 nitrogen and oxygen atoms in total. The SMILES string of the molecule is CCOP(=O)(OCC)[C@@H](Nc1nc2ccc(OC)cc2s1)c1c(O)cccc1Br. The number of methoxy groups -OCH3 is 1. The first-order valence-corrected chi connectivity index (χ1v) is 12.2. The van der Waals surface area contributed by atoms with Crippen LogP contribution in [0.25, 0.3) is 10.2 Å². The minimum atomic E-state index is -3.69. The van der Waals surface area contributed by atoms with Gasteiger partial charge in [0.05, 0.1) is 30.5 Å². The predicted molar refractivity (Wildman–Crippen MR) is 119 cm³/mol. The third-order valence-corrected chi connectivity index (χ3v) is 7.99. The fourth-order valence-electron chi connectivity index (χ4n) is 2.86. The number of fused-ring (bicyclic) bond motifs is 1. The van der Waals surface area contributed by atoms with Gasteiger partial charge >= 0.3 is 7.60 Å². The Labute approximate surface area is 181 Å². The molecule has 0 amide bonds. The van der Waals surface area contributed by atoms with Crippen LogP contribution in [0.2, 0.25) is 0 Å². The minimum Gasteiger partial charge on any atom is -0.508 e. The number of halogens is 1. The normalized spacial score (nSPS) is 12.8. The molecule has 2 N–H and O–H groups in total. The summed E-state index contributed by atoms with van der Waals surface area (Å²) in [5.41, 5.74) is 1.16. The Bertz CT molecular complexity index is 1010. The summed E-state index contributed by atoms with van der Waals surface area (Å²) in [5, 5.41) is 14.2. The van der Waals surface area contributed by atoms with Gasteiger partial charge in [0, 0.05) is 10.0 Å². The molecule has 1 aromatic heterocycles. The van der Waals surface area contributed by atoms with Gasteiger partial charge in [-0.3, -0.25) is 4.57 Å². The number of aromatic hydroxyl groups is 1. The van der Waals surface area contributed by atoms with Gasteiger partial charge in [0.2, 0.25) is 0 Å². The average Bonchev–Trinajstić information content (AvgIpc) is 3.09. The molecule has 0 fully saturated rings. The van der Waals surface area contributed by atoms with Crippen LogP contribution in [0, 0.1) is 0 Å². The first kappa shape index (κ1) is 22.1. The Hall–Kier alpha value is -1.64. The van der Waals surface area contributed by atoms with Crippen LogP contribution in [0.15, 0.2) is 40.9 Å². The number of benzene rings is 2. The molecule has 3 rings (SSSR count). The molecule has 3 aromatic rings. The second-order valence-electron chi connectivity index (χ2n) is 5.95. The van der Waals surface area contributed by atoms with E-state index in [0.29, 0.717) is 15.2 Å². The van der Waals surface area contributed by atoms with E-state index in [2.05, 4.69) is 26.2 Å². The molecule has 0 aliphatic carbocycles. The lowest BCUT2D eigenvalue weighted by atomic mass is 10.2. The lowest BCUT2D eigenvalue weighted by Gasteiger charge is -2.28. The van der Waals surface area contributed by atoms with E-state index < -0.39 is 13.4 Å². The zero-order chi connectivity index (χ0) is 21.0. The predicted octanol–water partition coefficient (Wildman–Crippen LogP) is 6.15. The molecule has 1 atom stereocenters. The standard InChI is InChI=1S/C19H22BrN2O5PS/c1-4-26-28(24,27-5-2)18(17-13(20)7-6-8-15(17)23)22-19-21-14-10-9-12(25-3)11-16(14)29-19/h6-11,18,23H,4-5H2,1-3H3,(H,21,22)/t18-/m1/s1. The number of anilines is 1. The Morgan fingerprint density at radius 2 is 1.97 bits per heavy atom. The summed E-state index contributed by atoms with van der Waals surface area (Å²) in [6.45, 7) is 3.87. The fraction of sp³-hybridized carbons (Fsp3) is 0.316. The van der Waals surface area contributed by atoms with Gasteiger partial charge in [0.1, 0.15) is 11.5 Å². The lowest BCUT2D eigenvalue weighted by molar-refractivity contribution is 0.213. The van der Waals surface area contributed by atoms with Crippen molar-refractivity contribution >= 4 is 50.2 Å². The van der Waals surface area contributed by atoms with Crippen molar-refractivity contribution < 1.29 is 23.5 Å². The number of thiazole rings is 1. The number of hydrogen-bond donors (Lipinski definition) is 2. The maximum absolute atomic E-state index is 13.7. The summed E-state index contributed by atoms with van der Waals surface area (Å²) in [6.07, 6.45) is 0. The average molecular weight is 501 g/mol. The number of nitrogens with one attached hydrogen (secondary N) is 1. The highest BCUT2D eigenvalue weighted by Crippen LogP contribution is 2.63. The molecule has 0 radical (unpaired) electrons. The summed E-state index contributed by atoms with van der Waals surface area (Å²) < 4.78 is 31.6. The van der Waals surface area contributed by atoms with Crippen molar-refractivity contribution in [3.05, 3.63) is 46.4 Å². The highest BCUT2D eigenvalue weighted by molar-refractivity contribution is 9.10. The zero-order valence-electron chi connectivity index (χ0n) is 16.2. The van der Waals surface area contributed by atoms with Crippen molar-refractivity contribution in [3.63, 3.8) is 0 Å². The molecule has 156 valence electrons. The molecule has 0 spiro atoms. The van der Waals surface area contributed by atoms with Crippen LogP contribution in [0.5, 0.6) is 11.5 Å². The van der Waals surface area contributed by atoms with Crippen molar-refractivity contribution in [1.29, 1.82) is 0 Å². The molecule has 0 bridgehead atoms. The Balaban J connectivity index is 2.09. The third-order valence-electron chi connectivity index (χ3n) is 4.09. The second-order valence-corrected chi connectivity index (χ2v) is 9.95. The number of nitrogens with zero attached hydrogens (tertiary/aromatic N) is 1. The van der Waals surface area contributed by atoms with Gasteiger partial charge < -0.3 is 24.2 Å². The highest BCUT2D eigenvalue weighted by Gasteiger charge is 2.40. The first-order chi connectivity index (χ1) is 13.9. The Morgan fingerprint density at radius 1 is 1.24 bits per heavy atom. The van der Waals surface area contributed by atoms with Crippen LogP contribution in [-0.2, 0) is 13.6 Å². The van der Waals surface area contributed by atoms with Crippen LogP contribution in [-0.4, -0.2) is 30.4 Å². The molecule has 0 saturated carbocycles. The summed E-state index contributed by atoms with van der Waals surface area (Å²) in [7, 11) is -2.08. The van der Waals surface area contributed by atoms with Crippen molar-refractivity contribution in [2.75, 3.05) is 25.6 Å². The molecule has 10 heteroatoms. The minimum absolute atomic E-state index is 0.0284. The molecule has 1 heterocycles. The largest absolute Gasteiger partial charge is 0.508 e. The van der Waals surface area contributed by atoms with E-state index in [1.165, 1.54) is 17.4 Å². The van der Waals surface area contributed by atoms with E-state index in [-0.39, 0.29) is 19.0 Å². The molecule has 0 aliphatic heterocycles. The summed E-state index contributed by atoms with van der Waals surface area (Å²) in [4.78, 5) is 4.57. The summed E-state index contributed by atoms with van der Waals surface area (Å²) in [5.74, 6) is -0.262. The molecular formula is C19H22BrN2O5PS. The molecule has 0 aliphatic rings. The van der Waals surface area contributed by atoms with Gasteiger partial charge in [0.15, 0.2) is 10.9 Å². The van der Waals surface area contributed by atoms with Crippen molar-refractivity contribution in [3.8, 4) is 11.5 Å². The molecule has 0 saturated heterocycles. The van der Waals surface area contributed by atoms with Gasteiger partial charge in [0.25, 0.3) is 0 Å². The smallest absolute Gasteiger partial charge is 0.357 e. The molecule has 0 unspecified atom stereocenters. The maximum Gasteiger partial charge on any atom is 0.357 e. The second kappa shape index (κ2) is 9.45. The first-order valence-electron chi connectivity index (χ1n) is 8.99. The number of ether oxygens (including phenoxy) is 1. The van der Waals surface area contributed by atoms with E-state index >= 15 is 0 Å². The topological polar surface area (TPSA) is 89.9 Å². The van der Waals surface area contributed by atoms with Crippen LogP contribution >= 0.6 is 34.9 Å². The van der Waals surface area contributed by atoms with Gasteiger partial charge in [-0.15, -0.1) is 0 Å². The van der Waals surface area contributed by atoms with Gasteiger partial charge in [-0.05, 0) is 44.2 Å². The van der Waals surface area contributed by atoms with Crippen molar-refractivity contribution in [2.24, 2.45) is 0 Å². The van der Waals surface area contributed by atoms with Crippen LogP contribution in [0.1, 0.15) is 25.2 Å². The molecule has 29 heavy (non-hydrogen) atoms. The maximum atomic E-state index is 13.7. The van der Waals surface area contributed by atoms with Crippen molar-refractivity contribution in [2.45, 2.75) is 19.6 Å². The number of phenols is 1. The number of hydrogen-bond acceptors (Lipinski definition) is 8. The van der Waals surface area contributed by atoms with Crippen molar-refractivity contribution in [1.82, 2.24) is 4.98 Å².